The van der Waals surface area contributed by atoms with Crippen LogP contribution >= 0.6 is 0 Å². The van der Waals surface area contributed by atoms with Gasteiger partial charge in [0.15, 0.2) is 0 Å². The van der Waals surface area contributed by atoms with Crippen LogP contribution in [0.25, 0.3) is 0 Å². The van der Waals surface area contributed by atoms with E-state index in [1.807, 2.05) is 6.92 Å². The molecule has 1 heterocycles. The van der Waals surface area contributed by atoms with Gasteiger partial charge in [-0.2, -0.15) is 0 Å². The van der Waals surface area contributed by atoms with Crippen LogP contribution in [0, 0.1) is 0 Å². The number of carbonyl (C=O) groups is 2. The molecular formula is C13H25N3O2. The summed E-state index contributed by atoms with van der Waals surface area (Å²) < 4.78 is 0. The lowest BCUT2D eigenvalue weighted by molar-refractivity contribution is -0.123. The Balaban J connectivity index is 2.25. The Morgan fingerprint density at radius 3 is 2.61 bits per heavy atom. The molecule has 0 saturated carbocycles. The van der Waals surface area contributed by atoms with E-state index in [9.17, 15) is 9.59 Å². The Bertz CT molecular complexity index is 290. The predicted molar refractivity (Wildman–Crippen MR) is 71.1 cm³/mol. The zero-order valence-electron chi connectivity index (χ0n) is 11.6. The highest BCUT2D eigenvalue weighted by Crippen LogP contribution is 2.05. The number of nitrogens with one attached hydrogen (secondary N) is 3. The normalized spacial score (nSPS) is 20.9. The topological polar surface area (TPSA) is 70.2 Å². The van der Waals surface area contributed by atoms with Crippen LogP contribution in [0.2, 0.25) is 0 Å². The summed E-state index contributed by atoms with van der Waals surface area (Å²) in [5, 5.41) is 9.06. The summed E-state index contributed by atoms with van der Waals surface area (Å²) in [6, 6.07) is 0.205. The van der Waals surface area contributed by atoms with Gasteiger partial charge in [-0.05, 0) is 26.2 Å². The van der Waals surface area contributed by atoms with E-state index < -0.39 is 0 Å². The van der Waals surface area contributed by atoms with Gasteiger partial charge in [0.2, 0.25) is 11.8 Å². The van der Waals surface area contributed by atoms with E-state index in [4.69, 9.17) is 0 Å². The van der Waals surface area contributed by atoms with Crippen molar-refractivity contribution in [3.63, 3.8) is 0 Å². The van der Waals surface area contributed by atoms with Gasteiger partial charge in [-0.1, -0.05) is 13.8 Å². The minimum absolute atomic E-state index is 0.0352. The number of hydrogen-bond acceptors (Lipinski definition) is 3. The summed E-state index contributed by atoms with van der Waals surface area (Å²) in [4.78, 5) is 22.9. The standard InChI is InChI=1S/C13H25N3O2/c1-4-10(5-2)16-13(18)9(3)14-8-11-6-7-12(17)15-11/h9-11,14H,4-8H2,1-3H3,(H,15,17)(H,16,18). The molecule has 0 bridgehead atoms. The van der Waals surface area contributed by atoms with Crippen LogP contribution in [0.1, 0.15) is 46.5 Å². The predicted octanol–water partition coefficient (Wildman–Crippen LogP) is 0.548. The lowest BCUT2D eigenvalue weighted by Gasteiger charge is -2.20. The molecular weight excluding hydrogens is 230 g/mol. The molecule has 0 radical (unpaired) electrons. The largest absolute Gasteiger partial charge is 0.352 e. The fraction of sp³-hybridized carbons (Fsp3) is 0.846. The van der Waals surface area contributed by atoms with Crippen LogP contribution < -0.4 is 16.0 Å². The smallest absolute Gasteiger partial charge is 0.237 e. The molecule has 5 nitrogen and oxygen atoms in total. The maximum atomic E-state index is 11.9. The van der Waals surface area contributed by atoms with E-state index in [0.717, 1.165) is 19.3 Å². The van der Waals surface area contributed by atoms with Crippen molar-refractivity contribution < 1.29 is 9.59 Å². The van der Waals surface area contributed by atoms with Gasteiger partial charge in [0, 0.05) is 25.0 Å². The molecule has 0 aromatic carbocycles. The minimum atomic E-state index is -0.219. The second-order valence-electron chi connectivity index (χ2n) is 4.96. The molecule has 2 atom stereocenters. The van der Waals surface area contributed by atoms with E-state index >= 15 is 0 Å². The molecule has 1 aliphatic rings. The van der Waals surface area contributed by atoms with Crippen molar-refractivity contribution in [1.82, 2.24) is 16.0 Å². The first-order valence-electron chi connectivity index (χ1n) is 6.89. The molecule has 0 aromatic heterocycles. The first-order valence-corrected chi connectivity index (χ1v) is 6.89. The van der Waals surface area contributed by atoms with Gasteiger partial charge in [0.05, 0.1) is 6.04 Å². The molecule has 0 spiro atoms. The average Bonchev–Trinajstić information content (AvgIpc) is 2.78. The van der Waals surface area contributed by atoms with E-state index in [2.05, 4.69) is 29.8 Å². The first kappa shape index (κ1) is 15.0. The quantitative estimate of drug-likeness (QED) is 0.622. The highest BCUT2D eigenvalue weighted by atomic mass is 16.2. The third-order valence-corrected chi connectivity index (χ3v) is 3.48. The molecule has 3 N–H and O–H groups in total. The van der Waals surface area contributed by atoms with E-state index in [0.29, 0.717) is 13.0 Å². The van der Waals surface area contributed by atoms with E-state index in [-0.39, 0.29) is 29.9 Å². The Morgan fingerprint density at radius 2 is 2.11 bits per heavy atom. The molecule has 2 unspecified atom stereocenters. The van der Waals surface area contributed by atoms with E-state index in [1.54, 1.807) is 0 Å². The maximum Gasteiger partial charge on any atom is 0.237 e. The Labute approximate surface area is 109 Å². The van der Waals surface area contributed by atoms with Gasteiger partial charge in [-0.3, -0.25) is 9.59 Å². The van der Waals surface area contributed by atoms with Crippen molar-refractivity contribution in [1.29, 1.82) is 0 Å². The molecule has 104 valence electrons. The lowest BCUT2D eigenvalue weighted by Crippen LogP contribution is -2.49. The average molecular weight is 255 g/mol. The van der Waals surface area contributed by atoms with Crippen molar-refractivity contribution >= 4 is 11.8 Å². The molecule has 1 saturated heterocycles. The van der Waals surface area contributed by atoms with Crippen molar-refractivity contribution in [2.24, 2.45) is 0 Å². The zero-order chi connectivity index (χ0) is 13.5. The minimum Gasteiger partial charge on any atom is -0.352 e. The number of amides is 2. The monoisotopic (exact) mass is 255 g/mol. The molecule has 0 aromatic rings. The van der Waals surface area contributed by atoms with Crippen LogP contribution in [0.4, 0.5) is 0 Å². The van der Waals surface area contributed by atoms with Crippen molar-refractivity contribution in [2.75, 3.05) is 6.54 Å². The third kappa shape index (κ3) is 4.64. The second-order valence-corrected chi connectivity index (χ2v) is 4.96. The second kappa shape index (κ2) is 7.36. The lowest BCUT2D eigenvalue weighted by atomic mass is 10.1. The number of carbonyl (C=O) groups excluding carboxylic acids is 2. The third-order valence-electron chi connectivity index (χ3n) is 3.48. The molecule has 1 rings (SSSR count). The number of rotatable bonds is 7. The fourth-order valence-corrected chi connectivity index (χ4v) is 2.06. The first-order chi connectivity index (χ1) is 8.56. The molecule has 1 fully saturated rings. The molecule has 1 aliphatic heterocycles. The maximum absolute atomic E-state index is 11.9. The molecule has 18 heavy (non-hydrogen) atoms. The zero-order valence-corrected chi connectivity index (χ0v) is 11.6. The summed E-state index contributed by atoms with van der Waals surface area (Å²) in [6.07, 6.45) is 3.36. The van der Waals surface area contributed by atoms with Crippen LogP contribution in [0.5, 0.6) is 0 Å². The Hall–Kier alpha value is -1.10. The highest BCUT2D eigenvalue weighted by molar-refractivity contribution is 5.81. The van der Waals surface area contributed by atoms with Crippen molar-refractivity contribution in [2.45, 2.75) is 64.6 Å². The molecule has 5 heteroatoms. The number of hydrogen-bond donors (Lipinski definition) is 3. The molecule has 0 aliphatic carbocycles. The Kier molecular flexibility index (Phi) is 6.12. The summed E-state index contributed by atoms with van der Waals surface area (Å²) in [5.74, 6) is 0.143. The highest BCUT2D eigenvalue weighted by Gasteiger charge is 2.22. The van der Waals surface area contributed by atoms with Crippen molar-refractivity contribution in [3.8, 4) is 0 Å². The van der Waals surface area contributed by atoms with Crippen LogP contribution in [0.3, 0.4) is 0 Å². The van der Waals surface area contributed by atoms with Crippen molar-refractivity contribution in [3.05, 3.63) is 0 Å². The van der Waals surface area contributed by atoms with Gasteiger partial charge in [-0.15, -0.1) is 0 Å². The van der Waals surface area contributed by atoms with Gasteiger partial charge < -0.3 is 16.0 Å². The fourth-order valence-electron chi connectivity index (χ4n) is 2.06. The SMILES string of the molecule is CCC(CC)NC(=O)C(C)NCC1CCC(=O)N1. The van der Waals surface area contributed by atoms with Gasteiger partial charge in [-0.25, -0.2) is 0 Å². The van der Waals surface area contributed by atoms with Crippen LogP contribution in [-0.4, -0.2) is 36.5 Å². The molecule has 2 amide bonds. The summed E-state index contributed by atoms with van der Waals surface area (Å²) in [5.41, 5.74) is 0. The van der Waals surface area contributed by atoms with Crippen LogP contribution in [0.15, 0.2) is 0 Å². The summed E-state index contributed by atoms with van der Waals surface area (Å²) in [6.45, 7) is 6.65. The summed E-state index contributed by atoms with van der Waals surface area (Å²) >= 11 is 0. The van der Waals surface area contributed by atoms with Gasteiger partial charge >= 0.3 is 0 Å². The van der Waals surface area contributed by atoms with Crippen LogP contribution in [-0.2, 0) is 9.59 Å². The van der Waals surface area contributed by atoms with Gasteiger partial charge in [0.1, 0.15) is 0 Å². The van der Waals surface area contributed by atoms with E-state index in [1.165, 1.54) is 0 Å². The Morgan fingerprint density at radius 1 is 1.44 bits per heavy atom. The van der Waals surface area contributed by atoms with Gasteiger partial charge in [0.25, 0.3) is 0 Å². The summed E-state index contributed by atoms with van der Waals surface area (Å²) in [7, 11) is 0.